The number of hydrogen-bond donors (Lipinski definition) is 1. The summed E-state index contributed by atoms with van der Waals surface area (Å²) in [4.78, 5) is 9.56. The van der Waals surface area contributed by atoms with Crippen LogP contribution in [-0.2, 0) is 11.3 Å². The quantitative estimate of drug-likeness (QED) is 0.877. The first-order chi connectivity index (χ1) is 12.2. The Bertz CT molecular complexity index is 541. The molecule has 6 heteroatoms. The van der Waals surface area contributed by atoms with Gasteiger partial charge in [0.2, 0.25) is 0 Å². The molecule has 0 aromatic carbocycles. The number of nitrogens with zero attached hydrogens (tertiary/aromatic N) is 4. The summed E-state index contributed by atoms with van der Waals surface area (Å²) in [5.41, 5.74) is 1.19. The molecule has 25 heavy (non-hydrogen) atoms. The molecule has 1 aromatic heterocycles. The number of imidazole rings is 1. The van der Waals surface area contributed by atoms with E-state index in [9.17, 15) is 5.11 Å². The van der Waals surface area contributed by atoms with Gasteiger partial charge in [0, 0.05) is 31.9 Å². The lowest BCUT2D eigenvalue weighted by atomic mass is 9.92. The van der Waals surface area contributed by atoms with Gasteiger partial charge in [0.05, 0.1) is 30.3 Å². The van der Waals surface area contributed by atoms with E-state index < -0.39 is 0 Å². The van der Waals surface area contributed by atoms with E-state index in [0.29, 0.717) is 18.2 Å². The second kappa shape index (κ2) is 7.74. The molecule has 0 spiro atoms. The van der Waals surface area contributed by atoms with Gasteiger partial charge >= 0.3 is 0 Å². The van der Waals surface area contributed by atoms with Crippen LogP contribution in [-0.4, -0.2) is 76.0 Å². The Labute approximate surface area is 150 Å². The maximum absolute atomic E-state index is 9.36. The molecule has 140 valence electrons. The van der Waals surface area contributed by atoms with Crippen molar-refractivity contribution in [2.75, 3.05) is 33.2 Å². The van der Waals surface area contributed by atoms with Gasteiger partial charge in [0.15, 0.2) is 0 Å². The fourth-order valence-electron chi connectivity index (χ4n) is 4.31. The number of aliphatic hydroxyl groups excluding tert-OH is 1. The van der Waals surface area contributed by atoms with Crippen LogP contribution >= 0.6 is 0 Å². The SMILES string of the molecule is CN1CCC(n2cnc(CN3CCC(OC4CC(O)C4)CC3)c2)CC1. The molecule has 1 aromatic rings. The molecular weight excluding hydrogens is 316 g/mol. The van der Waals surface area contributed by atoms with Crippen LogP contribution < -0.4 is 0 Å². The average Bonchev–Trinajstić information content (AvgIpc) is 3.04. The van der Waals surface area contributed by atoms with Crippen molar-refractivity contribution in [1.82, 2.24) is 19.4 Å². The van der Waals surface area contributed by atoms with Gasteiger partial charge in [-0.2, -0.15) is 0 Å². The second-order valence-corrected chi connectivity index (χ2v) is 8.21. The number of piperidine rings is 2. The summed E-state index contributed by atoms with van der Waals surface area (Å²) in [7, 11) is 2.20. The van der Waals surface area contributed by atoms with Crippen molar-refractivity contribution in [3.63, 3.8) is 0 Å². The van der Waals surface area contributed by atoms with Crippen molar-refractivity contribution in [3.8, 4) is 0 Å². The monoisotopic (exact) mass is 348 g/mol. The first kappa shape index (κ1) is 17.5. The third-order valence-corrected chi connectivity index (χ3v) is 6.14. The summed E-state index contributed by atoms with van der Waals surface area (Å²) < 4.78 is 8.41. The lowest BCUT2D eigenvalue weighted by molar-refractivity contribution is -0.117. The van der Waals surface area contributed by atoms with Gasteiger partial charge in [0.25, 0.3) is 0 Å². The zero-order valence-corrected chi connectivity index (χ0v) is 15.4. The molecule has 1 N–H and O–H groups in total. The van der Waals surface area contributed by atoms with E-state index in [2.05, 4.69) is 32.6 Å². The first-order valence-electron chi connectivity index (χ1n) is 9.92. The predicted octanol–water partition coefficient (Wildman–Crippen LogP) is 1.65. The Morgan fingerprint density at radius 2 is 1.80 bits per heavy atom. The highest BCUT2D eigenvalue weighted by atomic mass is 16.5. The molecule has 2 aliphatic heterocycles. The molecule has 0 bridgehead atoms. The van der Waals surface area contributed by atoms with E-state index in [1.807, 2.05) is 6.33 Å². The van der Waals surface area contributed by atoms with Gasteiger partial charge in [-0.25, -0.2) is 4.98 Å². The number of rotatable bonds is 5. The maximum atomic E-state index is 9.36. The normalized spacial score (nSPS) is 30.5. The van der Waals surface area contributed by atoms with Crippen LogP contribution in [0, 0.1) is 0 Å². The average molecular weight is 348 g/mol. The molecule has 1 saturated carbocycles. The minimum absolute atomic E-state index is 0.121. The standard InChI is InChI=1S/C19H32N4O2/c1-21-6-2-16(3-7-21)23-13-15(20-14-23)12-22-8-4-18(5-9-22)25-19-10-17(24)11-19/h13-14,16-19,24H,2-12H2,1H3. The first-order valence-corrected chi connectivity index (χ1v) is 9.92. The topological polar surface area (TPSA) is 53.8 Å². The number of ether oxygens (including phenoxy) is 1. The lowest BCUT2D eigenvalue weighted by Gasteiger charge is -2.38. The van der Waals surface area contributed by atoms with Crippen LogP contribution in [0.4, 0.5) is 0 Å². The Morgan fingerprint density at radius 3 is 2.48 bits per heavy atom. The molecular formula is C19H32N4O2. The Balaban J connectivity index is 1.21. The van der Waals surface area contributed by atoms with Crippen molar-refractivity contribution in [2.24, 2.45) is 0 Å². The van der Waals surface area contributed by atoms with E-state index in [1.54, 1.807) is 0 Å². The number of likely N-dealkylation sites (tertiary alicyclic amines) is 2. The van der Waals surface area contributed by atoms with Crippen LogP contribution in [0.15, 0.2) is 12.5 Å². The van der Waals surface area contributed by atoms with E-state index >= 15 is 0 Å². The Kier molecular flexibility index (Phi) is 5.41. The minimum Gasteiger partial charge on any atom is -0.393 e. The lowest BCUT2D eigenvalue weighted by Crippen LogP contribution is -2.42. The third kappa shape index (κ3) is 4.42. The van der Waals surface area contributed by atoms with E-state index in [-0.39, 0.29) is 6.10 Å². The fourth-order valence-corrected chi connectivity index (χ4v) is 4.31. The largest absolute Gasteiger partial charge is 0.393 e. The van der Waals surface area contributed by atoms with Crippen LogP contribution in [0.1, 0.15) is 50.3 Å². The van der Waals surface area contributed by atoms with Crippen molar-refractivity contribution in [3.05, 3.63) is 18.2 Å². The van der Waals surface area contributed by atoms with Crippen molar-refractivity contribution < 1.29 is 9.84 Å². The fraction of sp³-hybridized carbons (Fsp3) is 0.842. The number of hydrogen-bond acceptors (Lipinski definition) is 5. The number of aromatic nitrogens is 2. The molecule has 3 aliphatic rings. The van der Waals surface area contributed by atoms with Crippen LogP contribution in [0.3, 0.4) is 0 Å². The second-order valence-electron chi connectivity index (χ2n) is 8.21. The Hall–Kier alpha value is -0.950. The predicted molar refractivity (Wildman–Crippen MR) is 96.4 cm³/mol. The summed E-state index contributed by atoms with van der Waals surface area (Å²) in [6.07, 6.45) is 11.2. The smallest absolute Gasteiger partial charge is 0.0952 e. The van der Waals surface area contributed by atoms with Gasteiger partial charge in [-0.05, 0) is 58.7 Å². The summed E-state index contributed by atoms with van der Waals surface area (Å²) in [5.74, 6) is 0. The van der Waals surface area contributed by atoms with E-state index in [1.165, 1.54) is 31.6 Å². The van der Waals surface area contributed by atoms with Crippen molar-refractivity contribution in [1.29, 1.82) is 0 Å². The molecule has 2 saturated heterocycles. The van der Waals surface area contributed by atoms with Crippen molar-refractivity contribution in [2.45, 2.75) is 69.4 Å². The molecule has 3 heterocycles. The van der Waals surface area contributed by atoms with E-state index in [0.717, 1.165) is 45.3 Å². The van der Waals surface area contributed by atoms with Gasteiger partial charge in [0.1, 0.15) is 0 Å². The van der Waals surface area contributed by atoms with Crippen LogP contribution in [0.25, 0.3) is 0 Å². The molecule has 6 nitrogen and oxygen atoms in total. The van der Waals surface area contributed by atoms with Gasteiger partial charge in [-0.3, -0.25) is 4.90 Å². The zero-order chi connectivity index (χ0) is 17.2. The summed E-state index contributed by atoms with van der Waals surface area (Å²) >= 11 is 0. The third-order valence-electron chi connectivity index (χ3n) is 6.14. The summed E-state index contributed by atoms with van der Waals surface area (Å²) in [6.45, 7) is 5.49. The molecule has 0 amide bonds. The highest BCUT2D eigenvalue weighted by Crippen LogP contribution is 2.27. The van der Waals surface area contributed by atoms with Gasteiger partial charge in [-0.15, -0.1) is 0 Å². The molecule has 3 fully saturated rings. The van der Waals surface area contributed by atoms with Crippen molar-refractivity contribution >= 4 is 0 Å². The molecule has 0 unspecified atom stereocenters. The highest BCUT2D eigenvalue weighted by Gasteiger charge is 2.31. The van der Waals surface area contributed by atoms with Crippen LogP contribution in [0.2, 0.25) is 0 Å². The maximum Gasteiger partial charge on any atom is 0.0952 e. The Morgan fingerprint density at radius 1 is 1.08 bits per heavy atom. The number of aliphatic hydroxyl groups is 1. The molecule has 4 rings (SSSR count). The minimum atomic E-state index is -0.121. The highest BCUT2D eigenvalue weighted by molar-refractivity contribution is 4.99. The summed E-state index contributed by atoms with van der Waals surface area (Å²) in [6, 6.07) is 0.620. The van der Waals surface area contributed by atoms with Crippen LogP contribution in [0.5, 0.6) is 0 Å². The molecule has 0 atom stereocenters. The van der Waals surface area contributed by atoms with E-state index in [4.69, 9.17) is 4.74 Å². The van der Waals surface area contributed by atoms with Gasteiger partial charge in [-0.1, -0.05) is 0 Å². The molecule has 0 radical (unpaired) electrons. The zero-order valence-electron chi connectivity index (χ0n) is 15.4. The van der Waals surface area contributed by atoms with Gasteiger partial charge < -0.3 is 19.3 Å². The molecule has 1 aliphatic carbocycles. The summed E-state index contributed by atoms with van der Waals surface area (Å²) in [5, 5.41) is 9.36.